The fraction of sp³-hybridized carbons (Fsp3) is 0.833. The number of nitrogens with one attached hydrogen (secondary N) is 1. The first kappa shape index (κ1) is 17.5. The number of amides is 2. The van der Waals surface area contributed by atoms with Gasteiger partial charge in [0.15, 0.2) is 0 Å². The molecule has 0 bridgehead atoms. The van der Waals surface area contributed by atoms with Crippen LogP contribution in [0.4, 0.5) is 18.0 Å². The summed E-state index contributed by atoms with van der Waals surface area (Å²) in [7, 11) is 0. The third-order valence-electron chi connectivity index (χ3n) is 3.55. The molecule has 1 atom stereocenters. The van der Waals surface area contributed by atoms with Gasteiger partial charge in [0, 0.05) is 26.2 Å². The summed E-state index contributed by atoms with van der Waals surface area (Å²) in [6, 6.07) is -1.01. The zero-order chi connectivity index (χ0) is 16.3. The van der Waals surface area contributed by atoms with Crippen LogP contribution in [0, 0.1) is 0 Å². The fourth-order valence-electron chi connectivity index (χ4n) is 2.03. The molecule has 2 amide bonds. The molecule has 1 rings (SSSR count). The van der Waals surface area contributed by atoms with E-state index in [0.29, 0.717) is 20.0 Å². The summed E-state index contributed by atoms with van der Waals surface area (Å²) in [6.07, 6.45) is -4.12. The summed E-state index contributed by atoms with van der Waals surface area (Å²) in [5.74, 6) is -2.13. The Labute approximate surface area is 120 Å². The zero-order valence-electron chi connectivity index (χ0n) is 12.0. The Morgan fingerprint density at radius 2 is 1.71 bits per heavy atom. The van der Waals surface area contributed by atoms with Crippen molar-refractivity contribution in [2.75, 3.05) is 32.7 Å². The standard InChI is InChI=1S/C12H20F3N3O3/c1-3-4-17-5-7-18(8-6-17)10(21)16-11(2,9(19)20)12(13,14)15/h3-8H2,1-2H3,(H,16,21)(H,19,20). The van der Waals surface area contributed by atoms with Crippen molar-refractivity contribution in [1.29, 1.82) is 0 Å². The third kappa shape index (κ3) is 3.99. The van der Waals surface area contributed by atoms with E-state index in [0.717, 1.165) is 13.0 Å². The Morgan fingerprint density at radius 3 is 2.10 bits per heavy atom. The average molecular weight is 311 g/mol. The van der Waals surface area contributed by atoms with Crippen molar-refractivity contribution < 1.29 is 27.9 Å². The van der Waals surface area contributed by atoms with E-state index in [1.54, 1.807) is 5.32 Å². The lowest BCUT2D eigenvalue weighted by molar-refractivity contribution is -0.203. The number of carboxylic acid groups (broad SMARTS) is 1. The number of piperazine rings is 1. The number of rotatable bonds is 4. The van der Waals surface area contributed by atoms with Crippen molar-refractivity contribution in [1.82, 2.24) is 15.1 Å². The summed E-state index contributed by atoms with van der Waals surface area (Å²) in [5, 5.41) is 10.4. The molecule has 2 N–H and O–H groups in total. The number of carbonyl (C=O) groups excluding carboxylic acids is 1. The van der Waals surface area contributed by atoms with E-state index in [9.17, 15) is 22.8 Å². The molecule has 0 saturated carbocycles. The maximum absolute atomic E-state index is 12.8. The van der Waals surface area contributed by atoms with E-state index in [1.165, 1.54) is 4.90 Å². The van der Waals surface area contributed by atoms with Gasteiger partial charge < -0.3 is 15.3 Å². The third-order valence-corrected chi connectivity index (χ3v) is 3.55. The van der Waals surface area contributed by atoms with E-state index in [-0.39, 0.29) is 13.1 Å². The number of hydrogen-bond donors (Lipinski definition) is 2. The molecule has 0 aromatic carbocycles. The molecule has 1 saturated heterocycles. The molecular weight excluding hydrogens is 291 g/mol. The largest absolute Gasteiger partial charge is 0.479 e. The summed E-state index contributed by atoms with van der Waals surface area (Å²) in [6.45, 7) is 5.01. The van der Waals surface area contributed by atoms with Crippen LogP contribution in [0.3, 0.4) is 0 Å². The highest BCUT2D eigenvalue weighted by Crippen LogP contribution is 2.30. The van der Waals surface area contributed by atoms with Gasteiger partial charge in [0.05, 0.1) is 0 Å². The van der Waals surface area contributed by atoms with Gasteiger partial charge in [-0.15, -0.1) is 0 Å². The molecule has 0 aliphatic carbocycles. The SMILES string of the molecule is CCCN1CCN(C(=O)NC(C)(C(=O)O)C(F)(F)F)CC1. The topological polar surface area (TPSA) is 72.9 Å². The number of carboxylic acids is 1. The first-order chi connectivity index (χ1) is 9.61. The van der Waals surface area contributed by atoms with Crippen LogP contribution in [-0.4, -0.2) is 71.3 Å². The van der Waals surface area contributed by atoms with Gasteiger partial charge in [0.25, 0.3) is 0 Å². The molecule has 1 heterocycles. The minimum Gasteiger partial charge on any atom is -0.479 e. The molecule has 6 nitrogen and oxygen atoms in total. The molecule has 0 radical (unpaired) electrons. The predicted octanol–water partition coefficient (Wildman–Crippen LogP) is 1.13. The van der Waals surface area contributed by atoms with Gasteiger partial charge in [0.2, 0.25) is 5.54 Å². The number of hydrogen-bond acceptors (Lipinski definition) is 3. The second-order valence-corrected chi connectivity index (χ2v) is 5.19. The molecule has 1 fully saturated rings. The number of alkyl halides is 3. The molecule has 0 aromatic heterocycles. The fourth-order valence-corrected chi connectivity index (χ4v) is 2.03. The summed E-state index contributed by atoms with van der Waals surface area (Å²) in [4.78, 5) is 26.0. The van der Waals surface area contributed by atoms with Gasteiger partial charge in [-0.2, -0.15) is 13.2 Å². The van der Waals surface area contributed by atoms with Crippen LogP contribution in [0.5, 0.6) is 0 Å². The van der Waals surface area contributed by atoms with Gasteiger partial charge in [-0.25, -0.2) is 9.59 Å². The second kappa shape index (κ2) is 6.50. The Balaban J connectivity index is 2.66. The number of urea groups is 1. The normalized spacial score (nSPS) is 20.0. The molecule has 1 aliphatic rings. The number of carbonyl (C=O) groups is 2. The first-order valence-corrected chi connectivity index (χ1v) is 6.71. The number of nitrogens with zero attached hydrogens (tertiary/aromatic N) is 2. The maximum Gasteiger partial charge on any atom is 0.422 e. The van der Waals surface area contributed by atoms with Crippen LogP contribution in [0.15, 0.2) is 0 Å². The van der Waals surface area contributed by atoms with Gasteiger partial charge in [-0.1, -0.05) is 6.92 Å². The quantitative estimate of drug-likeness (QED) is 0.816. The van der Waals surface area contributed by atoms with Crippen molar-refractivity contribution in [3.05, 3.63) is 0 Å². The molecule has 0 spiro atoms. The minimum absolute atomic E-state index is 0.277. The Kier molecular flexibility index (Phi) is 5.43. The predicted molar refractivity (Wildman–Crippen MR) is 68.9 cm³/mol. The van der Waals surface area contributed by atoms with Crippen molar-refractivity contribution in [3.63, 3.8) is 0 Å². The maximum atomic E-state index is 12.8. The highest BCUT2D eigenvalue weighted by Gasteiger charge is 2.58. The van der Waals surface area contributed by atoms with Crippen LogP contribution in [0.1, 0.15) is 20.3 Å². The van der Waals surface area contributed by atoms with Crippen LogP contribution in [0.25, 0.3) is 0 Å². The molecule has 1 unspecified atom stereocenters. The molecule has 122 valence electrons. The van der Waals surface area contributed by atoms with Gasteiger partial charge >= 0.3 is 18.2 Å². The zero-order valence-corrected chi connectivity index (χ0v) is 12.0. The molecule has 0 aromatic rings. The van der Waals surface area contributed by atoms with Gasteiger partial charge in [-0.05, 0) is 19.9 Å². The highest BCUT2D eigenvalue weighted by atomic mass is 19.4. The first-order valence-electron chi connectivity index (χ1n) is 6.71. The molecule has 9 heteroatoms. The van der Waals surface area contributed by atoms with E-state index in [1.807, 2.05) is 6.92 Å². The van der Waals surface area contributed by atoms with Crippen LogP contribution in [0.2, 0.25) is 0 Å². The Hall–Kier alpha value is -1.51. The smallest absolute Gasteiger partial charge is 0.422 e. The van der Waals surface area contributed by atoms with Crippen LogP contribution >= 0.6 is 0 Å². The number of aliphatic carboxylic acids is 1. The van der Waals surface area contributed by atoms with Crippen molar-refractivity contribution in [2.45, 2.75) is 32.0 Å². The van der Waals surface area contributed by atoms with E-state index < -0.39 is 23.7 Å². The summed E-state index contributed by atoms with van der Waals surface area (Å²) < 4.78 is 38.5. The summed E-state index contributed by atoms with van der Waals surface area (Å²) in [5.41, 5.74) is -3.29. The van der Waals surface area contributed by atoms with Crippen molar-refractivity contribution in [2.24, 2.45) is 0 Å². The van der Waals surface area contributed by atoms with Crippen LogP contribution < -0.4 is 5.32 Å². The van der Waals surface area contributed by atoms with Gasteiger partial charge in [-0.3, -0.25) is 4.90 Å². The Morgan fingerprint density at radius 1 is 1.19 bits per heavy atom. The lowest BCUT2D eigenvalue weighted by Gasteiger charge is -2.37. The average Bonchev–Trinajstić information content (AvgIpc) is 2.38. The van der Waals surface area contributed by atoms with Crippen molar-refractivity contribution >= 4 is 12.0 Å². The second-order valence-electron chi connectivity index (χ2n) is 5.19. The lowest BCUT2D eigenvalue weighted by Crippen LogP contribution is -2.65. The monoisotopic (exact) mass is 311 g/mol. The van der Waals surface area contributed by atoms with Crippen molar-refractivity contribution in [3.8, 4) is 0 Å². The van der Waals surface area contributed by atoms with E-state index >= 15 is 0 Å². The summed E-state index contributed by atoms with van der Waals surface area (Å²) >= 11 is 0. The molecular formula is C12H20F3N3O3. The van der Waals surface area contributed by atoms with Gasteiger partial charge in [0.1, 0.15) is 0 Å². The number of halogens is 3. The molecule has 21 heavy (non-hydrogen) atoms. The van der Waals surface area contributed by atoms with E-state index in [4.69, 9.17) is 5.11 Å². The molecule has 1 aliphatic heterocycles. The van der Waals surface area contributed by atoms with E-state index in [2.05, 4.69) is 4.90 Å². The highest BCUT2D eigenvalue weighted by molar-refractivity contribution is 5.86. The Bertz CT molecular complexity index is 395. The lowest BCUT2D eigenvalue weighted by atomic mass is 10.0. The van der Waals surface area contributed by atoms with Crippen LogP contribution in [-0.2, 0) is 4.79 Å². The minimum atomic E-state index is -5.07.